The third-order valence-electron chi connectivity index (χ3n) is 3.18. The van der Waals surface area contributed by atoms with Gasteiger partial charge >= 0.3 is 0 Å². The van der Waals surface area contributed by atoms with E-state index in [9.17, 15) is 5.11 Å². The minimum absolute atomic E-state index is 0.388. The van der Waals surface area contributed by atoms with E-state index in [1.807, 2.05) is 19.1 Å². The second-order valence-corrected chi connectivity index (χ2v) is 4.63. The van der Waals surface area contributed by atoms with Crippen molar-refractivity contribution in [3.05, 3.63) is 34.4 Å². The Labute approximate surface area is 96.6 Å². The van der Waals surface area contributed by atoms with Gasteiger partial charge in [-0.25, -0.2) is 0 Å². The van der Waals surface area contributed by atoms with Crippen molar-refractivity contribution in [2.75, 3.05) is 7.11 Å². The summed E-state index contributed by atoms with van der Waals surface area (Å²) in [6.07, 6.45) is 1.62. The molecule has 0 heterocycles. The fourth-order valence-electron chi connectivity index (χ4n) is 2.36. The van der Waals surface area contributed by atoms with Gasteiger partial charge in [0, 0.05) is 5.56 Å². The fourth-order valence-corrected chi connectivity index (χ4v) is 2.36. The normalized spacial score (nSPS) is 18.6. The second kappa shape index (κ2) is 3.95. The predicted octanol–water partition coefficient (Wildman–Crippen LogP) is 3.27. The van der Waals surface area contributed by atoms with Gasteiger partial charge in [-0.15, -0.1) is 0 Å². The number of benzene rings is 1. The van der Waals surface area contributed by atoms with Crippen LogP contribution < -0.4 is 4.74 Å². The van der Waals surface area contributed by atoms with Crippen molar-refractivity contribution in [1.29, 1.82) is 0 Å². The van der Waals surface area contributed by atoms with E-state index in [0.29, 0.717) is 5.92 Å². The summed E-state index contributed by atoms with van der Waals surface area (Å²) in [6, 6.07) is 3.90. The van der Waals surface area contributed by atoms with Crippen molar-refractivity contribution in [2.24, 2.45) is 0 Å². The minimum Gasteiger partial charge on any atom is -0.496 e. The molecule has 0 aromatic heterocycles. The van der Waals surface area contributed by atoms with Crippen molar-refractivity contribution < 1.29 is 9.84 Å². The zero-order valence-corrected chi connectivity index (χ0v) is 10.2. The smallest absolute Gasteiger partial charge is 0.122 e. The van der Waals surface area contributed by atoms with Gasteiger partial charge in [-0.2, -0.15) is 0 Å². The molecule has 1 aromatic carbocycles. The van der Waals surface area contributed by atoms with Crippen molar-refractivity contribution in [1.82, 2.24) is 0 Å². The van der Waals surface area contributed by atoms with Gasteiger partial charge in [0.25, 0.3) is 0 Å². The van der Waals surface area contributed by atoms with Crippen LogP contribution in [0.15, 0.2) is 17.7 Å². The predicted molar refractivity (Wildman–Crippen MR) is 65.7 cm³/mol. The van der Waals surface area contributed by atoms with E-state index < -0.39 is 6.10 Å². The van der Waals surface area contributed by atoms with Crippen molar-refractivity contribution in [3.8, 4) is 5.75 Å². The topological polar surface area (TPSA) is 29.5 Å². The number of methoxy groups -OCH3 is 1. The highest BCUT2D eigenvalue weighted by Crippen LogP contribution is 2.41. The first-order valence-electron chi connectivity index (χ1n) is 5.63. The molecule has 1 aliphatic rings. The van der Waals surface area contributed by atoms with Gasteiger partial charge in [0.2, 0.25) is 0 Å². The summed E-state index contributed by atoms with van der Waals surface area (Å²) in [5.41, 5.74) is 4.34. The lowest BCUT2D eigenvalue weighted by Gasteiger charge is -2.16. The standard InChI is InChI=1S/C14H18O2/c1-8(2)13-11-7-9(3)14(15)10(11)5-6-12(13)16-4/h5-8,14-15H,1-4H3. The molecule has 0 bridgehead atoms. The molecule has 0 spiro atoms. The highest BCUT2D eigenvalue weighted by Gasteiger charge is 2.25. The average molecular weight is 218 g/mol. The monoisotopic (exact) mass is 218 g/mol. The molecule has 0 saturated heterocycles. The van der Waals surface area contributed by atoms with E-state index in [-0.39, 0.29) is 0 Å². The maximum absolute atomic E-state index is 10.0. The van der Waals surface area contributed by atoms with E-state index in [0.717, 1.165) is 22.4 Å². The summed E-state index contributed by atoms with van der Waals surface area (Å²) in [6.45, 7) is 6.25. The SMILES string of the molecule is COc1ccc2c(c1C(C)C)C=C(C)C2O. The van der Waals surface area contributed by atoms with Crippen LogP contribution in [0.2, 0.25) is 0 Å². The molecule has 1 aliphatic carbocycles. The summed E-state index contributed by atoms with van der Waals surface area (Å²) in [5, 5.41) is 10.0. The van der Waals surface area contributed by atoms with Gasteiger partial charge in [0.05, 0.1) is 7.11 Å². The number of aliphatic hydroxyl groups is 1. The van der Waals surface area contributed by atoms with E-state index in [2.05, 4.69) is 19.9 Å². The summed E-state index contributed by atoms with van der Waals surface area (Å²) >= 11 is 0. The molecule has 0 saturated carbocycles. The first-order chi connectivity index (χ1) is 7.56. The first-order valence-corrected chi connectivity index (χ1v) is 5.63. The summed E-state index contributed by atoms with van der Waals surface area (Å²) in [4.78, 5) is 0. The molecule has 1 unspecified atom stereocenters. The molecule has 16 heavy (non-hydrogen) atoms. The molecular weight excluding hydrogens is 200 g/mol. The van der Waals surface area contributed by atoms with E-state index >= 15 is 0 Å². The number of hydrogen-bond acceptors (Lipinski definition) is 2. The van der Waals surface area contributed by atoms with Crippen molar-refractivity contribution in [2.45, 2.75) is 32.8 Å². The molecule has 2 rings (SSSR count). The zero-order chi connectivity index (χ0) is 11.9. The maximum Gasteiger partial charge on any atom is 0.122 e. The molecule has 0 radical (unpaired) electrons. The highest BCUT2D eigenvalue weighted by atomic mass is 16.5. The molecule has 2 heteroatoms. The van der Waals surface area contributed by atoms with Crippen LogP contribution in [-0.4, -0.2) is 12.2 Å². The Morgan fingerprint density at radius 1 is 1.31 bits per heavy atom. The van der Waals surface area contributed by atoms with E-state index in [4.69, 9.17) is 4.74 Å². The molecule has 1 atom stereocenters. The maximum atomic E-state index is 10.0. The molecule has 1 aromatic rings. The molecule has 0 amide bonds. The van der Waals surface area contributed by atoms with Gasteiger partial charge in [0.15, 0.2) is 0 Å². The van der Waals surface area contributed by atoms with Gasteiger partial charge in [-0.3, -0.25) is 0 Å². The Kier molecular flexibility index (Phi) is 2.76. The van der Waals surface area contributed by atoms with Gasteiger partial charge in [-0.1, -0.05) is 26.0 Å². The van der Waals surface area contributed by atoms with Crippen LogP contribution in [0.1, 0.15) is 49.5 Å². The van der Waals surface area contributed by atoms with Gasteiger partial charge in [-0.05, 0) is 35.6 Å². The van der Waals surface area contributed by atoms with Crippen LogP contribution in [-0.2, 0) is 0 Å². The second-order valence-electron chi connectivity index (χ2n) is 4.63. The lowest BCUT2D eigenvalue weighted by molar-refractivity contribution is 0.219. The van der Waals surface area contributed by atoms with Crippen LogP contribution >= 0.6 is 0 Å². The van der Waals surface area contributed by atoms with Crippen LogP contribution in [0.4, 0.5) is 0 Å². The molecular formula is C14H18O2. The number of fused-ring (bicyclic) bond motifs is 1. The number of ether oxygens (including phenoxy) is 1. The Hall–Kier alpha value is -1.28. The van der Waals surface area contributed by atoms with E-state index in [1.165, 1.54) is 5.56 Å². The third kappa shape index (κ3) is 1.54. The Morgan fingerprint density at radius 2 is 2.00 bits per heavy atom. The summed E-state index contributed by atoms with van der Waals surface area (Å²) in [5.74, 6) is 1.30. The molecule has 2 nitrogen and oxygen atoms in total. The van der Waals surface area contributed by atoms with Gasteiger partial charge < -0.3 is 9.84 Å². The van der Waals surface area contributed by atoms with E-state index in [1.54, 1.807) is 7.11 Å². The molecule has 0 fully saturated rings. The van der Waals surface area contributed by atoms with Crippen molar-refractivity contribution >= 4 is 6.08 Å². The van der Waals surface area contributed by atoms with Gasteiger partial charge in [0.1, 0.15) is 11.9 Å². The highest BCUT2D eigenvalue weighted by molar-refractivity contribution is 5.71. The number of rotatable bonds is 2. The quantitative estimate of drug-likeness (QED) is 0.825. The summed E-state index contributed by atoms with van der Waals surface area (Å²) in [7, 11) is 1.69. The summed E-state index contributed by atoms with van der Waals surface area (Å²) < 4.78 is 5.39. The van der Waals surface area contributed by atoms with Crippen LogP contribution in [0.3, 0.4) is 0 Å². The Bertz CT molecular complexity index is 444. The zero-order valence-electron chi connectivity index (χ0n) is 10.2. The average Bonchev–Trinajstić information content (AvgIpc) is 2.53. The van der Waals surface area contributed by atoms with Crippen LogP contribution in [0.5, 0.6) is 5.75 Å². The van der Waals surface area contributed by atoms with Crippen molar-refractivity contribution in [3.63, 3.8) is 0 Å². The molecule has 0 aliphatic heterocycles. The third-order valence-corrected chi connectivity index (χ3v) is 3.18. The Balaban J connectivity index is 2.66. The molecule has 1 N–H and O–H groups in total. The fraction of sp³-hybridized carbons (Fsp3) is 0.429. The van der Waals surface area contributed by atoms with Crippen LogP contribution in [0.25, 0.3) is 6.08 Å². The largest absolute Gasteiger partial charge is 0.496 e. The number of aliphatic hydroxyl groups excluding tert-OH is 1. The van der Waals surface area contributed by atoms with Crippen LogP contribution in [0, 0.1) is 0 Å². The minimum atomic E-state index is -0.446. The Morgan fingerprint density at radius 3 is 2.56 bits per heavy atom. The lowest BCUT2D eigenvalue weighted by atomic mass is 9.93. The molecule has 86 valence electrons. The first kappa shape index (κ1) is 11.2. The lowest BCUT2D eigenvalue weighted by Crippen LogP contribution is -2.01. The number of hydrogen-bond donors (Lipinski definition) is 1.